The topological polar surface area (TPSA) is 35.2 Å². The molecule has 0 bridgehead atoms. The summed E-state index contributed by atoms with van der Waals surface area (Å²) in [5, 5.41) is 0. The molecular weight excluding hydrogens is 222 g/mol. The molecule has 0 aliphatic heterocycles. The Morgan fingerprint density at radius 2 is 1.83 bits per heavy atom. The Bertz CT molecular complexity index is 458. The third-order valence-corrected chi connectivity index (χ3v) is 4.83. The van der Waals surface area contributed by atoms with Gasteiger partial charge < -0.3 is 10.5 Å². The Balaban J connectivity index is 1.90. The molecule has 3 rings (SSSR count). The maximum Gasteiger partial charge on any atom is 0.124 e. The Morgan fingerprint density at radius 1 is 1.17 bits per heavy atom. The fourth-order valence-electron chi connectivity index (χ4n) is 3.83. The Hall–Kier alpha value is -1.02. The van der Waals surface area contributed by atoms with E-state index in [1.165, 1.54) is 36.0 Å². The standard InChI is InChI=1S/C16H23NO/c1-9-4-10(2)15(14(5-9)18-3)16(17)13-7-11-6-12(11)8-13/h4-5,11-13,16H,6-8,17H2,1-3H3. The van der Waals surface area contributed by atoms with E-state index in [1.807, 2.05) is 0 Å². The predicted octanol–water partition coefficient (Wildman–Crippen LogP) is 3.36. The molecule has 2 nitrogen and oxygen atoms in total. The molecule has 2 saturated carbocycles. The van der Waals surface area contributed by atoms with Crippen LogP contribution in [0.25, 0.3) is 0 Å². The number of nitrogens with two attached hydrogens (primary N) is 1. The number of rotatable bonds is 3. The molecule has 3 unspecified atom stereocenters. The number of benzene rings is 1. The first-order valence-corrected chi connectivity index (χ1v) is 7.01. The van der Waals surface area contributed by atoms with Gasteiger partial charge >= 0.3 is 0 Å². The van der Waals surface area contributed by atoms with Crippen LogP contribution in [0.5, 0.6) is 5.75 Å². The quantitative estimate of drug-likeness (QED) is 0.886. The molecule has 2 heteroatoms. The van der Waals surface area contributed by atoms with Crippen LogP contribution in [0.1, 0.15) is 42.0 Å². The van der Waals surface area contributed by atoms with Crippen molar-refractivity contribution >= 4 is 0 Å². The third-order valence-electron chi connectivity index (χ3n) is 4.83. The first-order valence-electron chi connectivity index (χ1n) is 7.01. The lowest BCUT2D eigenvalue weighted by Gasteiger charge is -2.25. The lowest BCUT2D eigenvalue weighted by Crippen LogP contribution is -2.22. The van der Waals surface area contributed by atoms with Crippen LogP contribution in [0, 0.1) is 31.6 Å². The summed E-state index contributed by atoms with van der Waals surface area (Å²) in [6, 6.07) is 4.47. The summed E-state index contributed by atoms with van der Waals surface area (Å²) < 4.78 is 5.55. The zero-order valence-corrected chi connectivity index (χ0v) is 11.6. The van der Waals surface area contributed by atoms with Crippen LogP contribution in [-0.4, -0.2) is 7.11 Å². The van der Waals surface area contributed by atoms with Crippen LogP contribution in [0.15, 0.2) is 12.1 Å². The molecule has 0 saturated heterocycles. The molecule has 2 fully saturated rings. The number of methoxy groups -OCH3 is 1. The molecule has 0 aromatic heterocycles. The lowest BCUT2D eigenvalue weighted by molar-refractivity contribution is 0.369. The third kappa shape index (κ3) is 1.93. The van der Waals surface area contributed by atoms with Gasteiger partial charge in [0, 0.05) is 11.6 Å². The highest BCUT2D eigenvalue weighted by molar-refractivity contribution is 5.45. The smallest absolute Gasteiger partial charge is 0.124 e. The molecule has 0 amide bonds. The highest BCUT2D eigenvalue weighted by Crippen LogP contribution is 2.57. The van der Waals surface area contributed by atoms with E-state index in [1.54, 1.807) is 7.11 Å². The first kappa shape index (κ1) is 12.0. The van der Waals surface area contributed by atoms with Crippen LogP contribution in [-0.2, 0) is 0 Å². The normalized spacial score (nSPS) is 31.0. The van der Waals surface area contributed by atoms with E-state index in [4.69, 9.17) is 10.5 Å². The second-order valence-electron chi connectivity index (χ2n) is 6.21. The lowest BCUT2D eigenvalue weighted by atomic mass is 9.86. The van der Waals surface area contributed by atoms with E-state index in [0.717, 1.165) is 17.6 Å². The van der Waals surface area contributed by atoms with Gasteiger partial charge in [-0.05, 0) is 68.1 Å². The van der Waals surface area contributed by atoms with Gasteiger partial charge in [0.05, 0.1) is 7.11 Å². The molecule has 0 heterocycles. The van der Waals surface area contributed by atoms with Crippen molar-refractivity contribution in [1.29, 1.82) is 0 Å². The van der Waals surface area contributed by atoms with Crippen molar-refractivity contribution in [3.63, 3.8) is 0 Å². The SMILES string of the molecule is COc1cc(C)cc(C)c1C(N)C1CC2CC2C1. The van der Waals surface area contributed by atoms with Crippen LogP contribution in [0.2, 0.25) is 0 Å². The Labute approximate surface area is 110 Å². The van der Waals surface area contributed by atoms with Crippen LogP contribution in [0.4, 0.5) is 0 Å². The van der Waals surface area contributed by atoms with Crippen molar-refractivity contribution in [2.45, 2.75) is 39.2 Å². The maximum atomic E-state index is 6.53. The van der Waals surface area contributed by atoms with Crippen molar-refractivity contribution in [3.8, 4) is 5.75 Å². The number of hydrogen-bond acceptors (Lipinski definition) is 2. The summed E-state index contributed by atoms with van der Waals surface area (Å²) in [7, 11) is 1.75. The number of hydrogen-bond donors (Lipinski definition) is 1. The van der Waals surface area contributed by atoms with E-state index < -0.39 is 0 Å². The molecule has 0 spiro atoms. The van der Waals surface area contributed by atoms with Crippen molar-refractivity contribution in [1.82, 2.24) is 0 Å². The monoisotopic (exact) mass is 245 g/mol. The summed E-state index contributed by atoms with van der Waals surface area (Å²) in [5.41, 5.74) is 10.3. The van der Waals surface area contributed by atoms with E-state index in [0.29, 0.717) is 5.92 Å². The number of fused-ring (bicyclic) bond motifs is 1. The fraction of sp³-hybridized carbons (Fsp3) is 0.625. The molecule has 1 aromatic rings. The van der Waals surface area contributed by atoms with Gasteiger partial charge in [-0.3, -0.25) is 0 Å². The molecule has 0 radical (unpaired) electrons. The van der Waals surface area contributed by atoms with E-state index in [-0.39, 0.29) is 6.04 Å². The average Bonchev–Trinajstić information content (AvgIpc) is 2.94. The molecular formula is C16H23NO. The Kier molecular flexibility index (Phi) is 2.86. The highest BCUT2D eigenvalue weighted by atomic mass is 16.5. The second kappa shape index (κ2) is 4.27. The summed E-state index contributed by atoms with van der Waals surface area (Å²) in [4.78, 5) is 0. The summed E-state index contributed by atoms with van der Waals surface area (Å²) >= 11 is 0. The van der Waals surface area contributed by atoms with Crippen LogP contribution >= 0.6 is 0 Å². The van der Waals surface area contributed by atoms with Crippen molar-refractivity contribution in [2.75, 3.05) is 7.11 Å². The summed E-state index contributed by atoms with van der Waals surface area (Å²) in [6.45, 7) is 4.26. The predicted molar refractivity (Wildman–Crippen MR) is 73.7 cm³/mol. The van der Waals surface area contributed by atoms with Gasteiger partial charge in [-0.2, -0.15) is 0 Å². The van der Waals surface area contributed by atoms with Gasteiger partial charge in [0.2, 0.25) is 0 Å². The van der Waals surface area contributed by atoms with E-state index >= 15 is 0 Å². The zero-order chi connectivity index (χ0) is 12.9. The van der Waals surface area contributed by atoms with Crippen molar-refractivity contribution in [2.24, 2.45) is 23.5 Å². The minimum Gasteiger partial charge on any atom is -0.496 e. The largest absolute Gasteiger partial charge is 0.496 e. The van der Waals surface area contributed by atoms with Gasteiger partial charge in [0.25, 0.3) is 0 Å². The Morgan fingerprint density at radius 3 is 2.44 bits per heavy atom. The van der Waals surface area contributed by atoms with E-state index in [9.17, 15) is 0 Å². The van der Waals surface area contributed by atoms with Crippen molar-refractivity contribution < 1.29 is 4.74 Å². The molecule has 1 aromatic carbocycles. The average molecular weight is 245 g/mol. The van der Waals surface area contributed by atoms with Gasteiger partial charge in [0.15, 0.2) is 0 Å². The van der Waals surface area contributed by atoms with Gasteiger partial charge in [-0.1, -0.05) is 6.07 Å². The van der Waals surface area contributed by atoms with Crippen LogP contribution in [0.3, 0.4) is 0 Å². The minimum absolute atomic E-state index is 0.147. The molecule has 18 heavy (non-hydrogen) atoms. The highest BCUT2D eigenvalue weighted by Gasteiger charge is 2.47. The second-order valence-corrected chi connectivity index (χ2v) is 6.21. The molecule has 2 aliphatic rings. The number of ether oxygens (including phenoxy) is 1. The first-order chi connectivity index (χ1) is 8.60. The van der Waals surface area contributed by atoms with Crippen LogP contribution < -0.4 is 10.5 Å². The fourth-order valence-corrected chi connectivity index (χ4v) is 3.83. The maximum absolute atomic E-state index is 6.53. The van der Waals surface area contributed by atoms with Gasteiger partial charge in [-0.25, -0.2) is 0 Å². The molecule has 2 aliphatic carbocycles. The summed E-state index contributed by atoms with van der Waals surface area (Å²) in [6.07, 6.45) is 4.10. The zero-order valence-electron chi connectivity index (χ0n) is 11.6. The minimum atomic E-state index is 0.147. The van der Waals surface area contributed by atoms with Gasteiger partial charge in [0.1, 0.15) is 5.75 Å². The van der Waals surface area contributed by atoms with Crippen molar-refractivity contribution in [3.05, 3.63) is 28.8 Å². The number of aryl methyl sites for hydroxylation is 2. The molecule has 2 N–H and O–H groups in total. The molecule has 98 valence electrons. The van der Waals surface area contributed by atoms with Gasteiger partial charge in [-0.15, -0.1) is 0 Å². The van der Waals surface area contributed by atoms with E-state index in [2.05, 4.69) is 26.0 Å². The summed E-state index contributed by atoms with van der Waals surface area (Å²) in [5.74, 6) is 3.60. The molecule has 3 atom stereocenters.